The maximum atomic E-state index is 11.6. The fraction of sp³-hybridized carbons (Fsp3) is 0.118. The van der Waals surface area contributed by atoms with Crippen molar-refractivity contribution in [2.24, 2.45) is 0 Å². The number of hydrogen-bond donors (Lipinski definition) is 3. The molecular formula is C17H17N3O4. The lowest BCUT2D eigenvalue weighted by Gasteiger charge is -2.05. The third-order valence-corrected chi connectivity index (χ3v) is 2.98. The molecule has 0 atom stereocenters. The topological polar surface area (TPSA) is 100 Å². The summed E-state index contributed by atoms with van der Waals surface area (Å²) in [5, 5.41) is 2.36. The van der Waals surface area contributed by atoms with Gasteiger partial charge in [-0.3, -0.25) is 25.2 Å². The molecule has 0 radical (unpaired) electrons. The van der Waals surface area contributed by atoms with Crippen LogP contribution in [0.25, 0.3) is 6.08 Å². The molecule has 2 aromatic rings. The quantitative estimate of drug-likeness (QED) is 0.444. The Kier molecular flexibility index (Phi) is 5.90. The number of carbonyl (C=O) groups excluding carboxylic acids is 3. The first-order valence-electron chi connectivity index (χ1n) is 7.20. The van der Waals surface area contributed by atoms with Gasteiger partial charge in [0.1, 0.15) is 5.76 Å². The third-order valence-electron chi connectivity index (χ3n) is 2.98. The van der Waals surface area contributed by atoms with Gasteiger partial charge >= 0.3 is 11.8 Å². The van der Waals surface area contributed by atoms with Gasteiger partial charge in [0.05, 0.1) is 12.8 Å². The van der Waals surface area contributed by atoms with Crippen LogP contribution in [0, 0.1) is 6.92 Å². The van der Waals surface area contributed by atoms with Crippen LogP contribution in [0.2, 0.25) is 0 Å². The van der Waals surface area contributed by atoms with E-state index < -0.39 is 17.7 Å². The normalized spacial score (nSPS) is 10.4. The number of hydrazine groups is 1. The predicted octanol–water partition coefficient (Wildman–Crippen LogP) is 1.07. The lowest BCUT2D eigenvalue weighted by atomic mass is 10.1. The molecule has 3 N–H and O–H groups in total. The number of hydrogen-bond acceptors (Lipinski definition) is 4. The Balaban J connectivity index is 1.74. The van der Waals surface area contributed by atoms with Gasteiger partial charge < -0.3 is 9.73 Å². The summed E-state index contributed by atoms with van der Waals surface area (Å²) in [5.41, 5.74) is 6.08. The number of carbonyl (C=O) groups is 3. The van der Waals surface area contributed by atoms with Crippen LogP contribution in [0.5, 0.6) is 0 Å². The average molecular weight is 327 g/mol. The van der Waals surface area contributed by atoms with Gasteiger partial charge in [-0.25, -0.2) is 0 Å². The molecule has 124 valence electrons. The monoisotopic (exact) mass is 327 g/mol. The second kappa shape index (κ2) is 8.33. The van der Waals surface area contributed by atoms with Crippen molar-refractivity contribution in [2.45, 2.75) is 13.5 Å². The molecule has 1 aromatic heterocycles. The van der Waals surface area contributed by atoms with E-state index in [0.29, 0.717) is 5.76 Å². The Morgan fingerprint density at radius 3 is 2.62 bits per heavy atom. The summed E-state index contributed by atoms with van der Waals surface area (Å²) >= 11 is 0. The van der Waals surface area contributed by atoms with Gasteiger partial charge in [0, 0.05) is 6.08 Å². The summed E-state index contributed by atoms with van der Waals surface area (Å²) in [6.45, 7) is 2.03. The second-order valence-electron chi connectivity index (χ2n) is 4.95. The average Bonchev–Trinajstić information content (AvgIpc) is 3.09. The van der Waals surface area contributed by atoms with E-state index in [4.69, 9.17) is 4.42 Å². The maximum absolute atomic E-state index is 11.6. The van der Waals surface area contributed by atoms with E-state index in [-0.39, 0.29) is 6.54 Å². The number of nitrogens with one attached hydrogen (secondary N) is 3. The Morgan fingerprint density at radius 1 is 1.08 bits per heavy atom. The first-order valence-corrected chi connectivity index (χ1v) is 7.20. The predicted molar refractivity (Wildman–Crippen MR) is 87.1 cm³/mol. The van der Waals surface area contributed by atoms with Crippen molar-refractivity contribution >= 4 is 23.8 Å². The van der Waals surface area contributed by atoms with Crippen LogP contribution in [0.1, 0.15) is 16.9 Å². The number of benzene rings is 1. The number of furan rings is 1. The van der Waals surface area contributed by atoms with Crippen molar-refractivity contribution in [3.8, 4) is 0 Å². The first-order chi connectivity index (χ1) is 11.5. The Hall–Kier alpha value is -3.35. The zero-order chi connectivity index (χ0) is 17.4. The van der Waals surface area contributed by atoms with Crippen LogP contribution in [0.3, 0.4) is 0 Å². The number of aryl methyl sites for hydroxylation is 1. The highest BCUT2D eigenvalue weighted by atomic mass is 16.3. The van der Waals surface area contributed by atoms with Crippen LogP contribution in [-0.4, -0.2) is 17.7 Å². The molecule has 0 spiro atoms. The molecule has 0 fully saturated rings. The summed E-state index contributed by atoms with van der Waals surface area (Å²) in [4.78, 5) is 34.7. The van der Waals surface area contributed by atoms with E-state index >= 15 is 0 Å². The number of rotatable bonds is 4. The first kappa shape index (κ1) is 17.0. The SMILES string of the molecule is Cc1cccc(/C=C/C(=O)NNC(=O)C(=O)NCc2ccco2)c1. The van der Waals surface area contributed by atoms with Crippen LogP contribution in [-0.2, 0) is 20.9 Å². The zero-order valence-electron chi connectivity index (χ0n) is 13.0. The van der Waals surface area contributed by atoms with Crippen molar-refractivity contribution in [2.75, 3.05) is 0 Å². The maximum Gasteiger partial charge on any atom is 0.327 e. The minimum atomic E-state index is -0.973. The molecule has 0 aliphatic rings. The van der Waals surface area contributed by atoms with Crippen molar-refractivity contribution in [3.05, 3.63) is 65.6 Å². The minimum absolute atomic E-state index is 0.0838. The fourth-order valence-corrected chi connectivity index (χ4v) is 1.82. The molecule has 0 saturated carbocycles. The smallest absolute Gasteiger partial charge is 0.327 e. The number of amides is 3. The second-order valence-corrected chi connectivity index (χ2v) is 4.95. The summed E-state index contributed by atoms with van der Waals surface area (Å²) in [7, 11) is 0. The molecule has 1 aromatic carbocycles. The van der Waals surface area contributed by atoms with Crippen LogP contribution in [0.4, 0.5) is 0 Å². The largest absolute Gasteiger partial charge is 0.467 e. The lowest BCUT2D eigenvalue weighted by molar-refractivity contribution is -0.140. The van der Waals surface area contributed by atoms with E-state index in [2.05, 4.69) is 10.7 Å². The zero-order valence-corrected chi connectivity index (χ0v) is 13.0. The van der Waals surface area contributed by atoms with E-state index in [0.717, 1.165) is 11.1 Å². The van der Waals surface area contributed by atoms with Crippen molar-refractivity contribution < 1.29 is 18.8 Å². The fourth-order valence-electron chi connectivity index (χ4n) is 1.82. The molecule has 3 amide bonds. The highest BCUT2D eigenvalue weighted by Gasteiger charge is 2.13. The molecule has 7 nitrogen and oxygen atoms in total. The van der Waals surface area contributed by atoms with Gasteiger partial charge in [-0.05, 0) is 30.7 Å². The Bertz CT molecular complexity index is 751. The summed E-state index contributed by atoms with van der Waals surface area (Å²) in [5.74, 6) is -1.89. The van der Waals surface area contributed by atoms with Gasteiger partial charge in [-0.15, -0.1) is 0 Å². The van der Waals surface area contributed by atoms with Gasteiger partial charge in [0.25, 0.3) is 5.91 Å². The highest BCUT2D eigenvalue weighted by Crippen LogP contribution is 2.05. The van der Waals surface area contributed by atoms with Gasteiger partial charge in [-0.2, -0.15) is 0 Å². The summed E-state index contributed by atoms with van der Waals surface area (Å²) in [6.07, 6.45) is 4.32. The van der Waals surface area contributed by atoms with Crippen molar-refractivity contribution in [3.63, 3.8) is 0 Å². The van der Waals surface area contributed by atoms with Crippen LogP contribution >= 0.6 is 0 Å². The molecule has 0 saturated heterocycles. The summed E-state index contributed by atoms with van der Waals surface area (Å²) < 4.78 is 5.02. The van der Waals surface area contributed by atoms with Crippen molar-refractivity contribution in [1.29, 1.82) is 0 Å². The van der Waals surface area contributed by atoms with Crippen molar-refractivity contribution in [1.82, 2.24) is 16.2 Å². The molecule has 0 aliphatic carbocycles. The molecule has 0 aliphatic heterocycles. The molecular weight excluding hydrogens is 310 g/mol. The Labute approximate surface area is 138 Å². The Morgan fingerprint density at radius 2 is 1.92 bits per heavy atom. The molecule has 1 heterocycles. The lowest BCUT2D eigenvalue weighted by Crippen LogP contribution is -2.47. The van der Waals surface area contributed by atoms with E-state index in [9.17, 15) is 14.4 Å². The highest BCUT2D eigenvalue weighted by molar-refractivity contribution is 6.35. The van der Waals surface area contributed by atoms with E-state index in [1.807, 2.05) is 36.6 Å². The van der Waals surface area contributed by atoms with Crippen LogP contribution < -0.4 is 16.2 Å². The molecule has 0 unspecified atom stereocenters. The molecule has 2 rings (SSSR count). The van der Waals surface area contributed by atoms with Crippen LogP contribution in [0.15, 0.2) is 53.2 Å². The van der Waals surface area contributed by atoms with E-state index in [1.165, 1.54) is 12.3 Å². The molecule has 7 heteroatoms. The molecule has 24 heavy (non-hydrogen) atoms. The summed E-state index contributed by atoms with van der Waals surface area (Å²) in [6, 6.07) is 10.9. The van der Waals surface area contributed by atoms with E-state index in [1.54, 1.807) is 18.2 Å². The third kappa shape index (κ3) is 5.45. The molecule has 0 bridgehead atoms. The van der Waals surface area contributed by atoms with Gasteiger partial charge in [0.15, 0.2) is 0 Å². The standard InChI is InChI=1S/C17H17N3O4/c1-12-4-2-5-13(10-12)7-8-15(21)19-20-17(23)16(22)18-11-14-6-3-9-24-14/h2-10H,11H2,1H3,(H,18,22)(H,19,21)(H,20,23)/b8-7+. The minimum Gasteiger partial charge on any atom is -0.467 e. The van der Waals surface area contributed by atoms with Gasteiger partial charge in [0.2, 0.25) is 0 Å². The van der Waals surface area contributed by atoms with Gasteiger partial charge in [-0.1, -0.05) is 29.8 Å².